The van der Waals surface area contributed by atoms with Crippen molar-refractivity contribution in [3.05, 3.63) is 12.4 Å². The van der Waals surface area contributed by atoms with Gasteiger partial charge in [0.1, 0.15) is 0 Å². The number of aromatic nitrogens is 2. The Labute approximate surface area is 95.4 Å². The normalized spacial score (nSPS) is 25.1. The smallest absolute Gasteiger partial charge is 0.223 e. The van der Waals surface area contributed by atoms with Crippen LogP contribution in [0.15, 0.2) is 12.4 Å². The van der Waals surface area contributed by atoms with Crippen molar-refractivity contribution in [2.24, 2.45) is 5.73 Å². The van der Waals surface area contributed by atoms with Crippen LogP contribution < -0.4 is 15.8 Å². The summed E-state index contributed by atoms with van der Waals surface area (Å²) in [5.41, 5.74) is 5.85. The molecule has 3 N–H and O–H groups in total. The van der Waals surface area contributed by atoms with Gasteiger partial charge in [0.05, 0.1) is 19.5 Å². The molecular formula is C11H18N4O. The number of anilines is 1. The second-order valence-electron chi connectivity index (χ2n) is 4.20. The van der Waals surface area contributed by atoms with Crippen molar-refractivity contribution in [2.75, 3.05) is 12.4 Å². The first-order valence-corrected chi connectivity index (χ1v) is 5.66. The zero-order chi connectivity index (χ0) is 11.4. The van der Waals surface area contributed by atoms with Gasteiger partial charge in [-0.1, -0.05) is 0 Å². The lowest BCUT2D eigenvalue weighted by molar-refractivity contribution is 0.406. The van der Waals surface area contributed by atoms with Crippen LogP contribution in [0.4, 0.5) is 5.95 Å². The van der Waals surface area contributed by atoms with Crippen molar-refractivity contribution in [1.82, 2.24) is 9.97 Å². The fraction of sp³-hybridized carbons (Fsp3) is 0.636. The van der Waals surface area contributed by atoms with E-state index in [-0.39, 0.29) is 0 Å². The van der Waals surface area contributed by atoms with Gasteiger partial charge in [0, 0.05) is 12.1 Å². The molecule has 0 aliphatic heterocycles. The van der Waals surface area contributed by atoms with E-state index in [4.69, 9.17) is 10.5 Å². The van der Waals surface area contributed by atoms with E-state index in [1.807, 2.05) is 0 Å². The van der Waals surface area contributed by atoms with Crippen LogP contribution in [0.2, 0.25) is 0 Å². The SMILES string of the molecule is COc1cnc(NC2CCC(N)CC2)nc1. The fourth-order valence-corrected chi connectivity index (χ4v) is 1.94. The van der Waals surface area contributed by atoms with E-state index in [1.165, 1.54) is 0 Å². The van der Waals surface area contributed by atoms with Crippen LogP contribution in [0.5, 0.6) is 5.75 Å². The zero-order valence-electron chi connectivity index (χ0n) is 9.52. The first-order valence-electron chi connectivity index (χ1n) is 5.66. The predicted molar refractivity (Wildman–Crippen MR) is 62.4 cm³/mol. The summed E-state index contributed by atoms with van der Waals surface area (Å²) in [6, 6.07) is 0.822. The number of methoxy groups -OCH3 is 1. The van der Waals surface area contributed by atoms with Crippen LogP contribution in [-0.2, 0) is 0 Å². The molecule has 1 aliphatic rings. The van der Waals surface area contributed by atoms with Crippen molar-refractivity contribution in [3.63, 3.8) is 0 Å². The maximum Gasteiger partial charge on any atom is 0.223 e. The monoisotopic (exact) mass is 222 g/mol. The Bertz CT molecular complexity index is 319. The number of nitrogens with one attached hydrogen (secondary N) is 1. The summed E-state index contributed by atoms with van der Waals surface area (Å²) in [7, 11) is 1.61. The van der Waals surface area contributed by atoms with Crippen molar-refractivity contribution >= 4 is 5.95 Å². The molecule has 0 amide bonds. The van der Waals surface area contributed by atoms with E-state index in [9.17, 15) is 0 Å². The second kappa shape index (κ2) is 5.12. The van der Waals surface area contributed by atoms with Gasteiger partial charge in [-0.3, -0.25) is 0 Å². The second-order valence-corrected chi connectivity index (χ2v) is 4.20. The van der Waals surface area contributed by atoms with E-state index in [1.54, 1.807) is 19.5 Å². The Balaban J connectivity index is 1.88. The molecule has 1 aromatic heterocycles. The van der Waals surface area contributed by atoms with Crippen LogP contribution in [0.25, 0.3) is 0 Å². The highest BCUT2D eigenvalue weighted by Crippen LogP contribution is 2.19. The van der Waals surface area contributed by atoms with Crippen molar-refractivity contribution in [2.45, 2.75) is 37.8 Å². The molecule has 0 spiro atoms. The third-order valence-corrected chi connectivity index (χ3v) is 2.97. The minimum absolute atomic E-state index is 0.370. The van der Waals surface area contributed by atoms with E-state index >= 15 is 0 Å². The lowest BCUT2D eigenvalue weighted by atomic mass is 9.92. The number of nitrogens with zero attached hydrogens (tertiary/aromatic N) is 2. The first-order chi connectivity index (χ1) is 7.78. The van der Waals surface area contributed by atoms with Gasteiger partial charge in [0.15, 0.2) is 5.75 Å². The summed E-state index contributed by atoms with van der Waals surface area (Å²) in [6.45, 7) is 0. The van der Waals surface area contributed by atoms with Gasteiger partial charge in [-0.2, -0.15) is 0 Å². The summed E-state index contributed by atoms with van der Waals surface area (Å²) < 4.78 is 5.00. The average Bonchev–Trinajstić information content (AvgIpc) is 2.33. The molecule has 1 fully saturated rings. The van der Waals surface area contributed by atoms with Crippen LogP contribution in [0.3, 0.4) is 0 Å². The van der Waals surface area contributed by atoms with E-state index < -0.39 is 0 Å². The quantitative estimate of drug-likeness (QED) is 0.803. The van der Waals surface area contributed by atoms with Crippen LogP contribution in [0, 0.1) is 0 Å². The predicted octanol–water partition coefficient (Wildman–Crippen LogP) is 1.17. The van der Waals surface area contributed by atoms with Crippen molar-refractivity contribution < 1.29 is 4.74 Å². The number of ether oxygens (including phenoxy) is 1. The van der Waals surface area contributed by atoms with Gasteiger partial charge in [-0.05, 0) is 25.7 Å². The molecule has 0 saturated heterocycles. The summed E-state index contributed by atoms with van der Waals surface area (Å²) in [4.78, 5) is 8.37. The molecule has 1 aromatic rings. The molecule has 16 heavy (non-hydrogen) atoms. The highest BCUT2D eigenvalue weighted by atomic mass is 16.5. The Morgan fingerprint density at radius 2 is 1.88 bits per heavy atom. The molecule has 0 bridgehead atoms. The topological polar surface area (TPSA) is 73.1 Å². The molecule has 0 atom stereocenters. The molecule has 5 nitrogen and oxygen atoms in total. The van der Waals surface area contributed by atoms with Gasteiger partial charge in [-0.25, -0.2) is 9.97 Å². The maximum atomic E-state index is 5.85. The van der Waals surface area contributed by atoms with Crippen molar-refractivity contribution in [1.29, 1.82) is 0 Å². The third kappa shape index (κ3) is 2.82. The van der Waals surface area contributed by atoms with E-state index in [0.29, 0.717) is 23.8 Å². The summed E-state index contributed by atoms with van der Waals surface area (Å²) in [5.74, 6) is 1.34. The van der Waals surface area contributed by atoms with Crippen LogP contribution in [0.1, 0.15) is 25.7 Å². The lowest BCUT2D eigenvalue weighted by Gasteiger charge is -2.26. The third-order valence-electron chi connectivity index (χ3n) is 2.97. The van der Waals surface area contributed by atoms with E-state index in [0.717, 1.165) is 25.7 Å². The average molecular weight is 222 g/mol. The molecule has 1 saturated carbocycles. The molecule has 1 heterocycles. The molecule has 88 valence electrons. The van der Waals surface area contributed by atoms with Gasteiger partial charge >= 0.3 is 0 Å². The largest absolute Gasteiger partial charge is 0.494 e. The molecule has 2 rings (SSSR count). The Hall–Kier alpha value is -1.36. The molecule has 0 unspecified atom stereocenters. The molecule has 5 heteroatoms. The first kappa shape index (κ1) is 11.1. The number of hydrogen-bond donors (Lipinski definition) is 2. The summed E-state index contributed by atoms with van der Waals surface area (Å²) in [6.07, 6.45) is 7.68. The van der Waals surface area contributed by atoms with Crippen molar-refractivity contribution in [3.8, 4) is 5.75 Å². The van der Waals surface area contributed by atoms with Gasteiger partial charge < -0.3 is 15.8 Å². The molecule has 0 aromatic carbocycles. The molecule has 1 aliphatic carbocycles. The van der Waals surface area contributed by atoms with Crippen LogP contribution in [-0.4, -0.2) is 29.2 Å². The van der Waals surface area contributed by atoms with E-state index in [2.05, 4.69) is 15.3 Å². The Morgan fingerprint density at radius 1 is 1.25 bits per heavy atom. The maximum absolute atomic E-state index is 5.85. The number of rotatable bonds is 3. The Kier molecular flexibility index (Phi) is 3.56. The summed E-state index contributed by atoms with van der Waals surface area (Å²) in [5, 5.41) is 3.32. The highest BCUT2D eigenvalue weighted by molar-refractivity contribution is 5.28. The Morgan fingerprint density at radius 3 is 2.44 bits per heavy atom. The number of hydrogen-bond acceptors (Lipinski definition) is 5. The van der Waals surface area contributed by atoms with Gasteiger partial charge in [0.2, 0.25) is 5.95 Å². The summed E-state index contributed by atoms with van der Waals surface area (Å²) >= 11 is 0. The van der Waals surface area contributed by atoms with Gasteiger partial charge in [0.25, 0.3) is 0 Å². The molecule has 0 radical (unpaired) electrons. The standard InChI is InChI=1S/C11H18N4O/c1-16-10-6-13-11(14-7-10)15-9-4-2-8(12)3-5-9/h6-9H,2-5,12H2,1H3,(H,13,14,15). The zero-order valence-corrected chi connectivity index (χ0v) is 9.52. The lowest BCUT2D eigenvalue weighted by Crippen LogP contribution is -2.33. The fourth-order valence-electron chi connectivity index (χ4n) is 1.94. The minimum Gasteiger partial charge on any atom is -0.494 e. The van der Waals surface area contributed by atoms with Crippen LogP contribution >= 0.6 is 0 Å². The highest BCUT2D eigenvalue weighted by Gasteiger charge is 2.18. The van der Waals surface area contributed by atoms with Gasteiger partial charge in [-0.15, -0.1) is 0 Å². The number of nitrogens with two attached hydrogens (primary N) is 1. The minimum atomic E-state index is 0.370. The molecular weight excluding hydrogens is 204 g/mol.